The molecule has 0 radical (unpaired) electrons. The topological polar surface area (TPSA) is 29.5 Å². The van der Waals surface area contributed by atoms with Crippen molar-refractivity contribution in [3.63, 3.8) is 0 Å². The van der Waals surface area contributed by atoms with Crippen LogP contribution in [0.15, 0.2) is 79.1 Å². The molecule has 0 heterocycles. The van der Waals surface area contributed by atoms with Gasteiger partial charge in [0.05, 0.1) is 0 Å². The fraction of sp³-hybridized carbons (Fsp3) is 0.167. The highest BCUT2D eigenvalue weighted by atomic mass is 31.1. The normalized spacial score (nSPS) is 11.8. The van der Waals surface area contributed by atoms with Crippen LogP contribution in [0, 0.1) is 20.8 Å². The molecule has 1 unspecified atom stereocenters. The molecule has 0 amide bonds. The van der Waals surface area contributed by atoms with E-state index in [9.17, 15) is 5.11 Å². The third kappa shape index (κ3) is 4.59. The molecule has 0 aliphatic heterocycles. The lowest BCUT2D eigenvalue weighted by molar-refractivity contribution is 0.270. The van der Waals surface area contributed by atoms with Crippen LogP contribution in [0.4, 0.5) is 0 Å². The molecular formula is C24H25O2P. The molecule has 0 aliphatic carbocycles. The highest BCUT2D eigenvalue weighted by Gasteiger charge is 2.19. The quantitative estimate of drug-likeness (QED) is 0.494. The summed E-state index contributed by atoms with van der Waals surface area (Å²) in [5.74, 6) is 0.852. The van der Waals surface area contributed by atoms with Crippen LogP contribution in [-0.4, -0.2) is 11.7 Å². The van der Waals surface area contributed by atoms with E-state index in [1.807, 2.05) is 0 Å². The number of hydrogen-bond donors (Lipinski definition) is 1. The highest BCUT2D eigenvalue weighted by Crippen LogP contribution is 2.35. The van der Waals surface area contributed by atoms with Crippen LogP contribution in [0.3, 0.4) is 0 Å². The minimum Gasteiger partial charge on any atom is -0.509 e. The third-order valence-electron chi connectivity index (χ3n) is 4.36. The summed E-state index contributed by atoms with van der Waals surface area (Å²) in [6.45, 7) is 9.86. The second-order valence-electron chi connectivity index (χ2n) is 6.77. The number of aliphatic hydroxyl groups is 1. The molecule has 3 heteroatoms. The van der Waals surface area contributed by atoms with Crippen molar-refractivity contribution in [1.29, 1.82) is 0 Å². The van der Waals surface area contributed by atoms with Crippen molar-refractivity contribution in [3.05, 3.63) is 95.8 Å². The van der Waals surface area contributed by atoms with E-state index in [0.717, 1.165) is 16.9 Å². The van der Waals surface area contributed by atoms with Gasteiger partial charge in [-0.25, -0.2) is 0 Å². The molecule has 0 saturated heterocycles. The molecule has 0 bridgehead atoms. The molecule has 3 aromatic carbocycles. The van der Waals surface area contributed by atoms with E-state index in [1.54, 1.807) is 0 Å². The predicted octanol–water partition coefficient (Wildman–Crippen LogP) is 4.82. The first kappa shape index (κ1) is 19.2. The van der Waals surface area contributed by atoms with Gasteiger partial charge in [-0.3, -0.25) is 0 Å². The molecule has 2 nitrogen and oxygen atoms in total. The van der Waals surface area contributed by atoms with Crippen molar-refractivity contribution in [1.82, 2.24) is 0 Å². The molecule has 1 atom stereocenters. The van der Waals surface area contributed by atoms with Crippen molar-refractivity contribution in [3.8, 4) is 5.75 Å². The lowest BCUT2D eigenvalue weighted by atomic mass is 10.1. The average Bonchev–Trinajstić information content (AvgIpc) is 2.62. The van der Waals surface area contributed by atoms with Gasteiger partial charge in [-0.1, -0.05) is 66.7 Å². The molecule has 27 heavy (non-hydrogen) atoms. The molecule has 0 aromatic heterocycles. The Bertz CT molecular complexity index is 925. The SMILES string of the molecule is C=C(O)COc1c(C)cc(P(c2ccccc2)c2cccc(C)c2)cc1C. The molecule has 0 aliphatic rings. The standard InChI is InChI=1S/C24H25O2P/c1-17-9-8-12-22(13-17)27(21-10-6-5-7-11-21)23-14-18(2)24(19(3)15-23)26-16-20(4)25/h5-15,25H,4,16H2,1-3H3. The van der Waals surface area contributed by atoms with E-state index in [-0.39, 0.29) is 12.4 Å². The number of aliphatic hydroxyl groups excluding tert-OH is 1. The zero-order valence-corrected chi connectivity index (χ0v) is 17.0. The van der Waals surface area contributed by atoms with E-state index in [2.05, 4.69) is 94.1 Å². The average molecular weight is 376 g/mol. The summed E-state index contributed by atoms with van der Waals surface area (Å²) in [6.07, 6.45) is 0. The number of rotatable bonds is 6. The molecule has 1 N–H and O–H groups in total. The Balaban J connectivity index is 2.09. The van der Waals surface area contributed by atoms with Crippen LogP contribution in [0.1, 0.15) is 16.7 Å². The van der Waals surface area contributed by atoms with Gasteiger partial charge in [-0.15, -0.1) is 0 Å². The van der Waals surface area contributed by atoms with E-state index in [4.69, 9.17) is 4.74 Å². The summed E-state index contributed by atoms with van der Waals surface area (Å²) in [5, 5.41) is 13.3. The summed E-state index contributed by atoms with van der Waals surface area (Å²) in [4.78, 5) is 0. The summed E-state index contributed by atoms with van der Waals surface area (Å²) in [5.41, 5.74) is 3.41. The Hall–Kier alpha value is -2.57. The maximum Gasteiger partial charge on any atom is 0.144 e. The number of aryl methyl sites for hydroxylation is 3. The van der Waals surface area contributed by atoms with Crippen molar-refractivity contribution in [2.75, 3.05) is 6.61 Å². The van der Waals surface area contributed by atoms with Gasteiger partial charge >= 0.3 is 0 Å². The van der Waals surface area contributed by atoms with Crippen molar-refractivity contribution >= 4 is 23.8 Å². The van der Waals surface area contributed by atoms with E-state index >= 15 is 0 Å². The first-order valence-corrected chi connectivity index (χ1v) is 10.3. The maximum absolute atomic E-state index is 9.35. The molecule has 0 saturated carbocycles. The minimum absolute atomic E-state index is 0.0316. The Kier molecular flexibility index (Phi) is 5.98. The van der Waals surface area contributed by atoms with Gasteiger partial charge in [0, 0.05) is 0 Å². The van der Waals surface area contributed by atoms with Gasteiger partial charge < -0.3 is 9.84 Å². The summed E-state index contributed by atoms with van der Waals surface area (Å²) in [7, 11) is -0.651. The Morgan fingerprint density at radius 2 is 1.48 bits per heavy atom. The van der Waals surface area contributed by atoms with E-state index in [0.29, 0.717) is 0 Å². The second-order valence-corrected chi connectivity index (χ2v) is 8.99. The second kappa shape index (κ2) is 8.41. The zero-order valence-electron chi connectivity index (χ0n) is 16.1. The number of benzene rings is 3. The smallest absolute Gasteiger partial charge is 0.144 e. The zero-order chi connectivity index (χ0) is 19.4. The van der Waals surface area contributed by atoms with Gasteiger partial charge in [0.25, 0.3) is 0 Å². The van der Waals surface area contributed by atoms with Gasteiger partial charge in [-0.05, 0) is 67.9 Å². The van der Waals surface area contributed by atoms with Crippen LogP contribution < -0.4 is 20.7 Å². The lowest BCUT2D eigenvalue weighted by Gasteiger charge is -2.22. The predicted molar refractivity (Wildman–Crippen MR) is 117 cm³/mol. The van der Waals surface area contributed by atoms with Crippen molar-refractivity contribution in [2.24, 2.45) is 0 Å². The van der Waals surface area contributed by atoms with Crippen LogP contribution in [-0.2, 0) is 0 Å². The molecule has 3 rings (SSSR count). The Labute approximate surface area is 162 Å². The molecule has 3 aromatic rings. The van der Waals surface area contributed by atoms with Crippen molar-refractivity contribution in [2.45, 2.75) is 20.8 Å². The number of hydrogen-bond acceptors (Lipinski definition) is 2. The van der Waals surface area contributed by atoms with Crippen LogP contribution in [0.2, 0.25) is 0 Å². The largest absolute Gasteiger partial charge is 0.509 e. The fourth-order valence-electron chi connectivity index (χ4n) is 3.23. The van der Waals surface area contributed by atoms with Crippen molar-refractivity contribution < 1.29 is 9.84 Å². The summed E-state index contributed by atoms with van der Waals surface area (Å²) in [6, 6.07) is 23.9. The minimum atomic E-state index is -0.651. The molecule has 0 spiro atoms. The van der Waals surface area contributed by atoms with Gasteiger partial charge in [0.2, 0.25) is 0 Å². The van der Waals surface area contributed by atoms with E-state index in [1.165, 1.54) is 21.5 Å². The van der Waals surface area contributed by atoms with Crippen LogP contribution in [0.25, 0.3) is 0 Å². The van der Waals surface area contributed by atoms with Gasteiger partial charge in [0.1, 0.15) is 18.1 Å². The number of ether oxygens (including phenoxy) is 1. The monoisotopic (exact) mass is 376 g/mol. The summed E-state index contributed by atoms with van der Waals surface area (Å²) < 4.78 is 5.75. The highest BCUT2D eigenvalue weighted by molar-refractivity contribution is 7.79. The molecule has 138 valence electrons. The van der Waals surface area contributed by atoms with Gasteiger partial charge in [0.15, 0.2) is 0 Å². The van der Waals surface area contributed by atoms with E-state index < -0.39 is 7.92 Å². The summed E-state index contributed by atoms with van der Waals surface area (Å²) >= 11 is 0. The third-order valence-corrected chi connectivity index (χ3v) is 6.74. The van der Waals surface area contributed by atoms with Gasteiger partial charge in [-0.2, -0.15) is 0 Å². The first-order valence-electron chi connectivity index (χ1n) is 8.98. The molecule has 0 fully saturated rings. The Morgan fingerprint density at radius 1 is 0.852 bits per heavy atom. The van der Waals surface area contributed by atoms with Crippen LogP contribution in [0.5, 0.6) is 5.75 Å². The lowest BCUT2D eigenvalue weighted by Crippen LogP contribution is -2.21. The first-order chi connectivity index (χ1) is 13.0. The fourth-order valence-corrected chi connectivity index (χ4v) is 5.81. The van der Waals surface area contributed by atoms with Crippen LogP contribution >= 0.6 is 7.92 Å². The molecular weight excluding hydrogens is 351 g/mol. The maximum atomic E-state index is 9.35. The Morgan fingerprint density at radius 3 is 2.07 bits per heavy atom.